The molecule has 2 aliphatic rings. The van der Waals surface area contributed by atoms with Gasteiger partial charge in [-0.2, -0.15) is 0 Å². The average Bonchev–Trinajstić information content (AvgIpc) is 2.57. The third-order valence-corrected chi connectivity index (χ3v) is 5.79. The molecule has 0 heterocycles. The Hall–Kier alpha value is -1.06. The van der Waals surface area contributed by atoms with Gasteiger partial charge in [-0.15, -0.1) is 0 Å². The summed E-state index contributed by atoms with van der Waals surface area (Å²) in [4.78, 5) is 13.2. The predicted octanol–water partition coefficient (Wildman–Crippen LogP) is 3.96. The van der Waals surface area contributed by atoms with Crippen LogP contribution in [-0.4, -0.2) is 23.2 Å². The second-order valence-corrected chi connectivity index (χ2v) is 7.57. The molecule has 3 rings (SSSR count). The zero-order valence-corrected chi connectivity index (χ0v) is 14.3. The summed E-state index contributed by atoms with van der Waals surface area (Å²) in [6.45, 7) is 0. The number of hydrogen-bond acceptors (Lipinski definition) is 2. The SMILES string of the molecule is O=C(NC1CCC(O)CC1)C1(c2cccc(Cl)c2)CCCCC1. The summed E-state index contributed by atoms with van der Waals surface area (Å²) in [5.74, 6) is 0.154. The number of aliphatic hydroxyl groups excluding tert-OH is 1. The smallest absolute Gasteiger partial charge is 0.230 e. The number of aliphatic hydroxyl groups is 1. The highest BCUT2D eigenvalue weighted by Gasteiger charge is 2.42. The number of halogens is 1. The van der Waals surface area contributed by atoms with E-state index in [0.717, 1.165) is 56.9 Å². The van der Waals surface area contributed by atoms with Gasteiger partial charge in [-0.1, -0.05) is 43.0 Å². The van der Waals surface area contributed by atoms with Gasteiger partial charge < -0.3 is 10.4 Å². The van der Waals surface area contributed by atoms with Gasteiger partial charge in [0.15, 0.2) is 0 Å². The van der Waals surface area contributed by atoms with Crippen molar-refractivity contribution in [2.24, 2.45) is 0 Å². The first-order valence-electron chi connectivity index (χ1n) is 8.85. The standard InChI is InChI=1S/C19H26ClNO2/c20-15-6-4-5-14(13-15)19(11-2-1-3-12-19)18(23)21-16-7-9-17(22)10-8-16/h4-6,13,16-17,22H,1-3,7-12H2,(H,21,23). The van der Waals surface area contributed by atoms with Crippen molar-refractivity contribution in [3.8, 4) is 0 Å². The van der Waals surface area contributed by atoms with Crippen LogP contribution >= 0.6 is 11.6 Å². The fraction of sp³-hybridized carbons (Fsp3) is 0.632. The number of nitrogens with one attached hydrogen (secondary N) is 1. The van der Waals surface area contributed by atoms with Crippen LogP contribution in [0.2, 0.25) is 5.02 Å². The van der Waals surface area contributed by atoms with E-state index in [0.29, 0.717) is 5.02 Å². The fourth-order valence-electron chi connectivity index (χ4n) is 4.13. The Balaban J connectivity index is 1.79. The van der Waals surface area contributed by atoms with Crippen molar-refractivity contribution in [1.82, 2.24) is 5.32 Å². The van der Waals surface area contributed by atoms with E-state index in [4.69, 9.17) is 11.6 Å². The van der Waals surface area contributed by atoms with Crippen LogP contribution in [0.25, 0.3) is 0 Å². The highest BCUT2D eigenvalue weighted by atomic mass is 35.5. The third kappa shape index (κ3) is 3.72. The van der Waals surface area contributed by atoms with E-state index in [9.17, 15) is 9.90 Å². The molecule has 1 aromatic carbocycles. The van der Waals surface area contributed by atoms with Crippen molar-refractivity contribution in [2.45, 2.75) is 75.3 Å². The summed E-state index contributed by atoms with van der Waals surface area (Å²) in [6.07, 6.45) is 8.29. The predicted molar refractivity (Wildman–Crippen MR) is 92.6 cm³/mol. The third-order valence-electron chi connectivity index (χ3n) is 5.55. The average molecular weight is 336 g/mol. The summed E-state index contributed by atoms with van der Waals surface area (Å²) in [5, 5.41) is 13.6. The summed E-state index contributed by atoms with van der Waals surface area (Å²) in [6, 6.07) is 8.00. The van der Waals surface area contributed by atoms with Gasteiger partial charge in [0.05, 0.1) is 11.5 Å². The lowest BCUT2D eigenvalue weighted by Gasteiger charge is -2.38. The Bertz CT molecular complexity index is 546. The van der Waals surface area contributed by atoms with E-state index < -0.39 is 5.41 Å². The van der Waals surface area contributed by atoms with Gasteiger partial charge in [0.25, 0.3) is 0 Å². The molecular weight excluding hydrogens is 310 g/mol. The van der Waals surface area contributed by atoms with Crippen LogP contribution in [0.5, 0.6) is 0 Å². The highest BCUT2D eigenvalue weighted by Crippen LogP contribution is 2.40. The van der Waals surface area contributed by atoms with Gasteiger partial charge in [0.1, 0.15) is 0 Å². The molecule has 1 amide bonds. The van der Waals surface area contributed by atoms with E-state index in [1.54, 1.807) is 0 Å². The zero-order chi connectivity index (χ0) is 16.3. The maximum absolute atomic E-state index is 13.2. The van der Waals surface area contributed by atoms with E-state index in [-0.39, 0.29) is 18.1 Å². The maximum Gasteiger partial charge on any atom is 0.230 e. The molecule has 0 spiro atoms. The Morgan fingerprint density at radius 3 is 2.48 bits per heavy atom. The first-order valence-corrected chi connectivity index (χ1v) is 9.23. The van der Waals surface area contributed by atoms with E-state index in [1.807, 2.05) is 24.3 Å². The van der Waals surface area contributed by atoms with Crippen molar-refractivity contribution in [3.63, 3.8) is 0 Å². The molecule has 23 heavy (non-hydrogen) atoms. The molecule has 0 aromatic heterocycles. The lowest BCUT2D eigenvalue weighted by molar-refractivity contribution is -0.129. The number of carbonyl (C=O) groups excluding carboxylic acids is 1. The summed E-state index contributed by atoms with van der Waals surface area (Å²) < 4.78 is 0. The van der Waals surface area contributed by atoms with Crippen molar-refractivity contribution in [3.05, 3.63) is 34.9 Å². The summed E-state index contributed by atoms with van der Waals surface area (Å²) in [7, 11) is 0. The molecule has 2 N–H and O–H groups in total. The molecule has 0 atom stereocenters. The van der Waals surface area contributed by atoms with Gasteiger partial charge in [0, 0.05) is 11.1 Å². The molecule has 0 radical (unpaired) electrons. The summed E-state index contributed by atoms with van der Waals surface area (Å²) in [5.41, 5.74) is 0.622. The van der Waals surface area contributed by atoms with Gasteiger partial charge in [-0.05, 0) is 56.2 Å². The molecular formula is C19H26ClNO2. The van der Waals surface area contributed by atoms with Crippen molar-refractivity contribution in [1.29, 1.82) is 0 Å². The number of benzene rings is 1. The monoisotopic (exact) mass is 335 g/mol. The topological polar surface area (TPSA) is 49.3 Å². The highest BCUT2D eigenvalue weighted by molar-refractivity contribution is 6.30. The summed E-state index contributed by atoms with van der Waals surface area (Å²) >= 11 is 6.18. The van der Waals surface area contributed by atoms with Crippen molar-refractivity contribution >= 4 is 17.5 Å². The largest absolute Gasteiger partial charge is 0.393 e. The Labute approximate surface area is 143 Å². The molecule has 0 bridgehead atoms. The number of amides is 1. The minimum absolute atomic E-state index is 0.154. The van der Waals surface area contributed by atoms with E-state index >= 15 is 0 Å². The van der Waals surface area contributed by atoms with Crippen LogP contribution in [0.1, 0.15) is 63.4 Å². The Morgan fingerprint density at radius 1 is 1.13 bits per heavy atom. The Kier molecular flexibility index (Phi) is 5.27. The molecule has 126 valence electrons. The number of hydrogen-bond donors (Lipinski definition) is 2. The van der Waals surface area contributed by atoms with Crippen molar-refractivity contribution < 1.29 is 9.90 Å². The molecule has 0 aliphatic heterocycles. The van der Waals surface area contributed by atoms with Gasteiger partial charge in [-0.3, -0.25) is 4.79 Å². The lowest BCUT2D eigenvalue weighted by Crippen LogP contribution is -2.50. The first-order chi connectivity index (χ1) is 11.1. The van der Waals surface area contributed by atoms with Crippen molar-refractivity contribution in [2.75, 3.05) is 0 Å². The second kappa shape index (κ2) is 7.23. The second-order valence-electron chi connectivity index (χ2n) is 7.13. The van der Waals surface area contributed by atoms with Crippen LogP contribution in [-0.2, 0) is 10.2 Å². The quantitative estimate of drug-likeness (QED) is 0.878. The van der Waals surface area contributed by atoms with Gasteiger partial charge in [-0.25, -0.2) is 0 Å². The van der Waals surface area contributed by atoms with E-state index in [1.165, 1.54) is 6.42 Å². The van der Waals surface area contributed by atoms with Crippen LogP contribution in [0.3, 0.4) is 0 Å². The molecule has 2 saturated carbocycles. The first kappa shape index (κ1) is 16.8. The molecule has 1 aromatic rings. The van der Waals surface area contributed by atoms with Gasteiger partial charge >= 0.3 is 0 Å². The molecule has 0 unspecified atom stereocenters. The molecule has 0 saturated heterocycles. The van der Waals surface area contributed by atoms with Crippen LogP contribution < -0.4 is 5.32 Å². The molecule has 2 fully saturated rings. The molecule has 2 aliphatic carbocycles. The number of carbonyl (C=O) groups is 1. The fourth-order valence-corrected chi connectivity index (χ4v) is 4.32. The minimum Gasteiger partial charge on any atom is -0.393 e. The minimum atomic E-state index is -0.431. The van der Waals surface area contributed by atoms with Crippen LogP contribution in [0, 0.1) is 0 Å². The number of rotatable bonds is 3. The van der Waals surface area contributed by atoms with Gasteiger partial charge in [0.2, 0.25) is 5.91 Å². The normalized spacial score (nSPS) is 27.4. The molecule has 3 nitrogen and oxygen atoms in total. The zero-order valence-electron chi connectivity index (χ0n) is 13.6. The lowest BCUT2D eigenvalue weighted by atomic mass is 9.68. The molecule has 4 heteroatoms. The maximum atomic E-state index is 13.2. The Morgan fingerprint density at radius 2 is 1.83 bits per heavy atom. The van der Waals surface area contributed by atoms with Crippen LogP contribution in [0.15, 0.2) is 24.3 Å². The van der Waals surface area contributed by atoms with Crippen LogP contribution in [0.4, 0.5) is 0 Å². The van der Waals surface area contributed by atoms with E-state index in [2.05, 4.69) is 5.32 Å².